The Morgan fingerprint density at radius 2 is 1.48 bits per heavy atom. The van der Waals surface area contributed by atoms with Gasteiger partial charge < -0.3 is 19.7 Å². The van der Waals surface area contributed by atoms with Crippen molar-refractivity contribution in [1.82, 2.24) is 10.2 Å². The molecule has 3 rings (SSSR count). The van der Waals surface area contributed by atoms with Crippen molar-refractivity contribution in [3.63, 3.8) is 0 Å². The van der Waals surface area contributed by atoms with Crippen molar-refractivity contribution < 1.29 is 27.5 Å². The molecule has 0 unspecified atom stereocenters. The van der Waals surface area contributed by atoms with Gasteiger partial charge >= 0.3 is 0 Å². The van der Waals surface area contributed by atoms with Crippen LogP contribution in [0.4, 0.5) is 5.69 Å². The first kappa shape index (κ1) is 35.0. The number of hydrogen-bond donors (Lipinski definition) is 1. The zero-order valence-corrected chi connectivity index (χ0v) is 28.3. The SMILES string of the molecule is COc1ccc(S(=O)(=O)N(CC(=O)N(Cc2c(Cl)cccc2Cl)[C@H](C)C(=O)NCC(C)C)c2cc(C)cc(C)c2)cc1OC. The van der Waals surface area contributed by atoms with Gasteiger partial charge in [0, 0.05) is 34.8 Å². The van der Waals surface area contributed by atoms with Crippen LogP contribution in [0.1, 0.15) is 37.5 Å². The molecular formula is C32H39Cl2N3O6S. The highest BCUT2D eigenvalue weighted by Gasteiger charge is 2.34. The van der Waals surface area contributed by atoms with Crippen molar-refractivity contribution in [2.45, 2.75) is 52.1 Å². The Kier molecular flexibility index (Phi) is 11.9. The van der Waals surface area contributed by atoms with E-state index in [4.69, 9.17) is 32.7 Å². The summed E-state index contributed by atoms with van der Waals surface area (Å²) in [5.74, 6) is -0.275. The Labute approximate surface area is 270 Å². The zero-order valence-electron chi connectivity index (χ0n) is 26.0. The lowest BCUT2D eigenvalue weighted by Gasteiger charge is -2.32. The van der Waals surface area contributed by atoms with E-state index < -0.39 is 34.4 Å². The van der Waals surface area contributed by atoms with E-state index in [1.807, 2.05) is 33.8 Å². The van der Waals surface area contributed by atoms with Crippen molar-refractivity contribution >= 4 is 50.7 Å². The maximum absolute atomic E-state index is 14.3. The van der Waals surface area contributed by atoms with Gasteiger partial charge in [0.25, 0.3) is 10.0 Å². The Morgan fingerprint density at radius 1 is 0.886 bits per heavy atom. The topological polar surface area (TPSA) is 105 Å². The van der Waals surface area contributed by atoms with Crippen LogP contribution in [0.25, 0.3) is 0 Å². The van der Waals surface area contributed by atoms with Crippen LogP contribution in [-0.4, -0.2) is 58.5 Å². The van der Waals surface area contributed by atoms with Crippen LogP contribution in [0.5, 0.6) is 11.5 Å². The lowest BCUT2D eigenvalue weighted by Crippen LogP contribution is -2.51. The van der Waals surface area contributed by atoms with E-state index in [9.17, 15) is 18.0 Å². The first-order chi connectivity index (χ1) is 20.7. The van der Waals surface area contributed by atoms with Gasteiger partial charge in [-0.3, -0.25) is 13.9 Å². The van der Waals surface area contributed by atoms with E-state index in [0.717, 1.165) is 15.4 Å². The number of halogens is 2. The van der Waals surface area contributed by atoms with Crippen LogP contribution in [0.3, 0.4) is 0 Å². The predicted octanol–water partition coefficient (Wildman–Crippen LogP) is 6.01. The molecule has 0 spiro atoms. The highest BCUT2D eigenvalue weighted by atomic mass is 35.5. The average Bonchev–Trinajstić information content (AvgIpc) is 2.96. The van der Waals surface area contributed by atoms with E-state index in [1.54, 1.807) is 37.3 Å². The quantitative estimate of drug-likeness (QED) is 0.240. The van der Waals surface area contributed by atoms with E-state index >= 15 is 0 Å². The molecule has 1 N–H and O–H groups in total. The summed E-state index contributed by atoms with van der Waals surface area (Å²) in [5.41, 5.74) is 2.34. The molecule has 44 heavy (non-hydrogen) atoms. The monoisotopic (exact) mass is 663 g/mol. The summed E-state index contributed by atoms with van der Waals surface area (Å²) in [6, 6.07) is 13.5. The van der Waals surface area contributed by atoms with Gasteiger partial charge in [-0.1, -0.05) is 49.2 Å². The molecule has 0 fully saturated rings. The van der Waals surface area contributed by atoms with Gasteiger partial charge in [-0.2, -0.15) is 0 Å². The predicted molar refractivity (Wildman–Crippen MR) is 174 cm³/mol. The van der Waals surface area contributed by atoms with Crippen molar-refractivity contribution in [3.8, 4) is 11.5 Å². The standard InChI is InChI=1S/C32H39Cl2N3O6S/c1-20(2)17-35-32(39)23(5)36(18-26-27(33)9-8-10-28(26)34)31(38)19-37(24-14-21(3)13-22(4)15-24)44(40,41)25-11-12-29(42-6)30(16-25)43-7/h8-16,20,23H,17-19H2,1-7H3,(H,35,39)/t23-/m1/s1. The number of carbonyl (C=O) groups is 2. The number of sulfonamides is 1. The Morgan fingerprint density at radius 3 is 2.02 bits per heavy atom. The molecule has 3 aromatic rings. The number of anilines is 1. The fourth-order valence-corrected chi connectivity index (χ4v) is 6.55. The molecule has 2 amide bonds. The number of ether oxygens (including phenoxy) is 2. The highest BCUT2D eigenvalue weighted by Crippen LogP contribution is 2.33. The lowest BCUT2D eigenvalue weighted by molar-refractivity contribution is -0.139. The van der Waals surface area contributed by atoms with E-state index in [1.165, 1.54) is 37.3 Å². The molecular weight excluding hydrogens is 625 g/mol. The number of nitrogens with one attached hydrogen (secondary N) is 1. The molecule has 0 heterocycles. The van der Waals surface area contributed by atoms with Crippen LogP contribution < -0.4 is 19.1 Å². The summed E-state index contributed by atoms with van der Waals surface area (Å²) < 4.78 is 40.2. The number of amides is 2. The maximum Gasteiger partial charge on any atom is 0.264 e. The summed E-state index contributed by atoms with van der Waals surface area (Å²) >= 11 is 12.9. The molecule has 1 atom stereocenters. The van der Waals surface area contributed by atoms with Gasteiger partial charge in [-0.05, 0) is 74.2 Å². The maximum atomic E-state index is 14.3. The number of carbonyl (C=O) groups excluding carboxylic acids is 2. The van der Waals surface area contributed by atoms with Crippen LogP contribution in [0.15, 0.2) is 59.5 Å². The largest absolute Gasteiger partial charge is 0.493 e. The Hall–Kier alpha value is -3.47. The summed E-state index contributed by atoms with van der Waals surface area (Å²) in [4.78, 5) is 28.6. The molecule has 0 aliphatic carbocycles. The number of nitrogens with zero attached hydrogens (tertiary/aromatic N) is 2. The highest BCUT2D eigenvalue weighted by molar-refractivity contribution is 7.92. The second kappa shape index (κ2) is 15.0. The molecule has 0 saturated carbocycles. The molecule has 0 bridgehead atoms. The van der Waals surface area contributed by atoms with Crippen molar-refractivity contribution in [3.05, 3.63) is 81.3 Å². The Bertz CT molecular complexity index is 1570. The molecule has 0 aliphatic rings. The molecule has 0 aliphatic heterocycles. The third kappa shape index (κ3) is 8.37. The van der Waals surface area contributed by atoms with Gasteiger partial charge in [-0.15, -0.1) is 0 Å². The molecule has 3 aromatic carbocycles. The number of hydrogen-bond acceptors (Lipinski definition) is 6. The summed E-state index contributed by atoms with van der Waals surface area (Å²) in [6.45, 7) is 8.85. The van der Waals surface area contributed by atoms with Crippen LogP contribution in [0, 0.1) is 19.8 Å². The normalized spacial score (nSPS) is 12.0. The molecule has 238 valence electrons. The van der Waals surface area contributed by atoms with Crippen LogP contribution in [-0.2, 0) is 26.2 Å². The summed E-state index contributed by atoms with van der Waals surface area (Å²) in [5, 5.41) is 3.48. The minimum Gasteiger partial charge on any atom is -0.493 e. The molecule has 12 heteroatoms. The number of benzene rings is 3. The fourth-order valence-electron chi connectivity index (χ4n) is 4.62. The van der Waals surface area contributed by atoms with Crippen molar-refractivity contribution in [2.24, 2.45) is 5.92 Å². The third-order valence-corrected chi connectivity index (χ3v) is 9.44. The van der Waals surface area contributed by atoms with Gasteiger partial charge in [0.15, 0.2) is 11.5 Å². The zero-order chi connectivity index (χ0) is 32.8. The van der Waals surface area contributed by atoms with Gasteiger partial charge in [0.05, 0.1) is 24.8 Å². The number of rotatable bonds is 13. The number of methoxy groups -OCH3 is 2. The van der Waals surface area contributed by atoms with E-state index in [0.29, 0.717) is 33.6 Å². The third-order valence-electron chi connectivity index (χ3n) is 6.96. The average molecular weight is 665 g/mol. The molecule has 0 radical (unpaired) electrons. The minimum atomic E-state index is -4.33. The second-order valence-electron chi connectivity index (χ2n) is 10.9. The van der Waals surface area contributed by atoms with Gasteiger partial charge in [-0.25, -0.2) is 8.42 Å². The van der Waals surface area contributed by atoms with Crippen LogP contribution >= 0.6 is 23.2 Å². The van der Waals surface area contributed by atoms with Crippen molar-refractivity contribution in [2.75, 3.05) is 31.6 Å². The van der Waals surface area contributed by atoms with Crippen LogP contribution in [0.2, 0.25) is 10.0 Å². The fraction of sp³-hybridized carbons (Fsp3) is 0.375. The summed E-state index contributed by atoms with van der Waals surface area (Å²) in [6.07, 6.45) is 0. The van der Waals surface area contributed by atoms with Gasteiger partial charge in [0.2, 0.25) is 11.8 Å². The van der Waals surface area contributed by atoms with Gasteiger partial charge in [0.1, 0.15) is 12.6 Å². The molecule has 9 nitrogen and oxygen atoms in total. The number of aryl methyl sites for hydroxylation is 2. The van der Waals surface area contributed by atoms with Crippen molar-refractivity contribution in [1.29, 1.82) is 0 Å². The smallest absolute Gasteiger partial charge is 0.264 e. The summed E-state index contributed by atoms with van der Waals surface area (Å²) in [7, 11) is -1.48. The van der Waals surface area contributed by atoms with E-state index in [2.05, 4.69) is 5.32 Å². The Balaban J connectivity index is 2.13. The molecule has 0 saturated heterocycles. The first-order valence-electron chi connectivity index (χ1n) is 14.0. The first-order valence-corrected chi connectivity index (χ1v) is 16.2. The lowest BCUT2D eigenvalue weighted by atomic mass is 10.1. The second-order valence-corrected chi connectivity index (χ2v) is 13.6. The minimum absolute atomic E-state index is 0.106. The molecule has 0 aromatic heterocycles. The van der Waals surface area contributed by atoms with E-state index in [-0.39, 0.29) is 23.1 Å².